The first-order chi connectivity index (χ1) is 14.0. The lowest BCUT2D eigenvalue weighted by Crippen LogP contribution is -2.37. The summed E-state index contributed by atoms with van der Waals surface area (Å²) in [5, 5.41) is 3.69. The molecule has 156 valence electrons. The standard InChI is InChI=1S/C23H29ClN2O3/c1-3-22(29-20-7-8-21(24)17(2)13-20)23(27)25-15-18-5-4-6-19(14-18)16-26-9-11-28-12-10-26/h4-8,13-14,22H,3,9-12,15-16H2,1-2H3,(H,25,27). The normalized spacial score (nSPS) is 15.7. The number of carbonyl (C=O) groups is 1. The van der Waals surface area contributed by atoms with E-state index in [1.54, 1.807) is 12.1 Å². The van der Waals surface area contributed by atoms with Crippen LogP contribution in [0.5, 0.6) is 5.75 Å². The monoisotopic (exact) mass is 416 g/mol. The number of ether oxygens (including phenoxy) is 2. The van der Waals surface area contributed by atoms with E-state index in [0.717, 1.165) is 44.0 Å². The van der Waals surface area contributed by atoms with E-state index in [-0.39, 0.29) is 5.91 Å². The van der Waals surface area contributed by atoms with Crippen LogP contribution in [-0.2, 0) is 22.6 Å². The van der Waals surface area contributed by atoms with Gasteiger partial charge in [-0.25, -0.2) is 0 Å². The third kappa shape index (κ3) is 6.46. The molecule has 1 fully saturated rings. The van der Waals surface area contributed by atoms with Gasteiger partial charge in [0.05, 0.1) is 13.2 Å². The van der Waals surface area contributed by atoms with Gasteiger partial charge in [-0.15, -0.1) is 0 Å². The van der Waals surface area contributed by atoms with Gasteiger partial charge in [0.25, 0.3) is 5.91 Å². The van der Waals surface area contributed by atoms with Crippen LogP contribution in [-0.4, -0.2) is 43.2 Å². The number of morpholine rings is 1. The van der Waals surface area contributed by atoms with Crippen molar-refractivity contribution in [1.29, 1.82) is 0 Å². The van der Waals surface area contributed by atoms with Gasteiger partial charge in [-0.05, 0) is 48.2 Å². The Morgan fingerprint density at radius 3 is 2.69 bits per heavy atom. The number of hydrogen-bond acceptors (Lipinski definition) is 4. The Labute approximate surface area is 177 Å². The Morgan fingerprint density at radius 2 is 1.97 bits per heavy atom. The largest absolute Gasteiger partial charge is 0.481 e. The van der Waals surface area contributed by atoms with E-state index in [1.165, 1.54) is 5.56 Å². The second-order valence-electron chi connectivity index (χ2n) is 7.35. The number of halogens is 1. The molecule has 6 heteroatoms. The molecular weight excluding hydrogens is 388 g/mol. The molecule has 1 aliphatic rings. The minimum atomic E-state index is -0.535. The van der Waals surface area contributed by atoms with E-state index in [1.807, 2.05) is 32.0 Å². The van der Waals surface area contributed by atoms with Crippen molar-refractivity contribution in [2.45, 2.75) is 39.5 Å². The van der Waals surface area contributed by atoms with Crippen LogP contribution in [0.25, 0.3) is 0 Å². The smallest absolute Gasteiger partial charge is 0.261 e. The number of nitrogens with one attached hydrogen (secondary N) is 1. The maximum Gasteiger partial charge on any atom is 0.261 e. The lowest BCUT2D eigenvalue weighted by atomic mass is 10.1. The number of rotatable bonds is 8. The van der Waals surface area contributed by atoms with Gasteiger partial charge >= 0.3 is 0 Å². The van der Waals surface area contributed by atoms with Crippen LogP contribution in [0.3, 0.4) is 0 Å². The van der Waals surface area contributed by atoms with Crippen LogP contribution in [0.1, 0.15) is 30.0 Å². The minimum absolute atomic E-state index is 0.112. The van der Waals surface area contributed by atoms with Crippen molar-refractivity contribution >= 4 is 17.5 Å². The Morgan fingerprint density at radius 1 is 1.21 bits per heavy atom. The van der Waals surface area contributed by atoms with Gasteiger partial charge in [-0.3, -0.25) is 9.69 Å². The quantitative estimate of drug-likeness (QED) is 0.707. The first kappa shape index (κ1) is 21.6. The third-order valence-electron chi connectivity index (χ3n) is 5.04. The molecule has 0 aliphatic carbocycles. The van der Waals surface area contributed by atoms with Gasteiger partial charge in [0.1, 0.15) is 5.75 Å². The van der Waals surface area contributed by atoms with Crippen molar-refractivity contribution < 1.29 is 14.3 Å². The molecule has 0 saturated carbocycles. The zero-order valence-corrected chi connectivity index (χ0v) is 17.9. The van der Waals surface area contributed by atoms with Crippen LogP contribution >= 0.6 is 11.6 Å². The molecule has 1 amide bonds. The van der Waals surface area contributed by atoms with Crippen molar-refractivity contribution in [3.8, 4) is 5.75 Å². The zero-order chi connectivity index (χ0) is 20.6. The molecule has 1 saturated heterocycles. The first-order valence-corrected chi connectivity index (χ1v) is 10.5. The molecule has 1 unspecified atom stereocenters. The van der Waals surface area contributed by atoms with Crippen LogP contribution in [0, 0.1) is 6.92 Å². The molecule has 1 N–H and O–H groups in total. The summed E-state index contributed by atoms with van der Waals surface area (Å²) in [6, 6.07) is 13.8. The fourth-order valence-corrected chi connectivity index (χ4v) is 3.45. The maximum atomic E-state index is 12.6. The molecule has 0 radical (unpaired) electrons. The molecule has 5 nitrogen and oxygen atoms in total. The van der Waals surface area contributed by atoms with E-state index < -0.39 is 6.10 Å². The second kappa shape index (κ2) is 10.6. The number of carbonyl (C=O) groups excluding carboxylic acids is 1. The predicted octanol–water partition coefficient (Wildman–Crippen LogP) is 3.95. The average Bonchev–Trinajstić information content (AvgIpc) is 2.74. The lowest BCUT2D eigenvalue weighted by Gasteiger charge is -2.26. The van der Waals surface area contributed by atoms with Crippen molar-refractivity contribution in [3.63, 3.8) is 0 Å². The Kier molecular flexibility index (Phi) is 7.92. The molecule has 3 rings (SSSR count). The van der Waals surface area contributed by atoms with Crippen molar-refractivity contribution in [3.05, 3.63) is 64.2 Å². The lowest BCUT2D eigenvalue weighted by molar-refractivity contribution is -0.128. The van der Waals surface area contributed by atoms with E-state index in [4.69, 9.17) is 21.1 Å². The topological polar surface area (TPSA) is 50.8 Å². The summed E-state index contributed by atoms with van der Waals surface area (Å²) in [6.07, 6.45) is 0.0528. The van der Waals surface area contributed by atoms with Crippen molar-refractivity contribution in [2.24, 2.45) is 0 Å². The predicted molar refractivity (Wildman–Crippen MR) is 115 cm³/mol. The molecule has 29 heavy (non-hydrogen) atoms. The van der Waals surface area contributed by atoms with Crippen molar-refractivity contribution in [2.75, 3.05) is 26.3 Å². The molecule has 0 aromatic heterocycles. The Hall–Kier alpha value is -2.08. The summed E-state index contributed by atoms with van der Waals surface area (Å²) in [4.78, 5) is 15.0. The maximum absolute atomic E-state index is 12.6. The Balaban J connectivity index is 1.54. The van der Waals surface area contributed by atoms with Crippen LogP contribution in [0.2, 0.25) is 5.02 Å². The van der Waals surface area contributed by atoms with Crippen molar-refractivity contribution in [1.82, 2.24) is 10.2 Å². The fourth-order valence-electron chi connectivity index (χ4n) is 3.34. The molecule has 1 atom stereocenters. The van der Waals surface area contributed by atoms with Crippen LogP contribution < -0.4 is 10.1 Å². The van der Waals surface area contributed by atoms with Crippen LogP contribution in [0.15, 0.2) is 42.5 Å². The summed E-state index contributed by atoms with van der Waals surface area (Å²) in [5.74, 6) is 0.542. The number of aryl methyl sites for hydroxylation is 1. The molecule has 2 aromatic carbocycles. The molecule has 1 heterocycles. The molecule has 2 aromatic rings. The van der Waals surface area contributed by atoms with Gasteiger partial charge in [-0.1, -0.05) is 42.8 Å². The second-order valence-corrected chi connectivity index (χ2v) is 7.76. The fraction of sp³-hybridized carbons (Fsp3) is 0.435. The number of benzene rings is 2. The van der Waals surface area contributed by atoms with Gasteiger partial charge < -0.3 is 14.8 Å². The Bertz CT molecular complexity index is 822. The molecule has 1 aliphatic heterocycles. The van der Waals surface area contributed by atoms with E-state index >= 15 is 0 Å². The summed E-state index contributed by atoms with van der Waals surface area (Å²) in [7, 11) is 0. The highest BCUT2D eigenvalue weighted by molar-refractivity contribution is 6.31. The summed E-state index contributed by atoms with van der Waals surface area (Å²) < 4.78 is 11.3. The SMILES string of the molecule is CCC(Oc1ccc(Cl)c(C)c1)C(=O)NCc1cccc(CN2CCOCC2)c1. The highest BCUT2D eigenvalue weighted by atomic mass is 35.5. The highest BCUT2D eigenvalue weighted by Gasteiger charge is 2.18. The van der Waals surface area contributed by atoms with Gasteiger partial charge in [0.15, 0.2) is 6.10 Å². The zero-order valence-electron chi connectivity index (χ0n) is 17.1. The van der Waals surface area contributed by atoms with Crippen LogP contribution in [0.4, 0.5) is 0 Å². The van der Waals surface area contributed by atoms with E-state index in [2.05, 4.69) is 22.3 Å². The summed E-state index contributed by atoms with van der Waals surface area (Å²) in [6.45, 7) is 8.75. The molecule has 0 spiro atoms. The summed E-state index contributed by atoms with van der Waals surface area (Å²) >= 11 is 6.06. The number of hydrogen-bond donors (Lipinski definition) is 1. The average molecular weight is 417 g/mol. The van der Waals surface area contributed by atoms with E-state index in [9.17, 15) is 4.79 Å². The first-order valence-electron chi connectivity index (χ1n) is 10.1. The molecule has 0 bridgehead atoms. The van der Waals surface area contributed by atoms with Gasteiger partial charge in [0.2, 0.25) is 0 Å². The number of nitrogens with zero attached hydrogens (tertiary/aromatic N) is 1. The van der Waals surface area contributed by atoms with Gasteiger partial charge in [0, 0.05) is 31.2 Å². The summed E-state index contributed by atoms with van der Waals surface area (Å²) in [5.41, 5.74) is 3.26. The third-order valence-corrected chi connectivity index (χ3v) is 5.46. The minimum Gasteiger partial charge on any atom is -0.481 e. The van der Waals surface area contributed by atoms with Gasteiger partial charge in [-0.2, -0.15) is 0 Å². The highest BCUT2D eigenvalue weighted by Crippen LogP contribution is 2.22. The van der Waals surface area contributed by atoms with E-state index in [0.29, 0.717) is 23.7 Å². The molecular formula is C23H29ClN2O3. The number of amides is 1.